The number of aromatic nitrogens is 1. The number of hydrogen-bond donors (Lipinski definition) is 1. The maximum absolute atomic E-state index is 12.5. The summed E-state index contributed by atoms with van der Waals surface area (Å²) < 4.78 is 11.1. The Morgan fingerprint density at radius 2 is 2.27 bits per heavy atom. The van der Waals surface area contributed by atoms with Crippen LogP contribution in [-0.2, 0) is 6.42 Å². The third-order valence-corrected chi connectivity index (χ3v) is 3.68. The summed E-state index contributed by atoms with van der Waals surface area (Å²) in [5.74, 6) is 1.68. The van der Waals surface area contributed by atoms with Crippen molar-refractivity contribution in [2.75, 3.05) is 12.4 Å². The summed E-state index contributed by atoms with van der Waals surface area (Å²) in [5.41, 5.74) is 2.45. The maximum Gasteiger partial charge on any atom is 0.256 e. The van der Waals surface area contributed by atoms with Gasteiger partial charge in [0.2, 0.25) is 0 Å². The van der Waals surface area contributed by atoms with Crippen molar-refractivity contribution in [1.82, 2.24) is 4.98 Å². The lowest BCUT2D eigenvalue weighted by molar-refractivity contribution is 0.102. The summed E-state index contributed by atoms with van der Waals surface area (Å²) in [5, 5.41) is 2.83. The number of methoxy groups -OCH3 is 1. The van der Waals surface area contributed by atoms with E-state index in [4.69, 9.17) is 9.47 Å². The molecule has 5 nitrogen and oxygen atoms in total. The van der Waals surface area contributed by atoms with E-state index in [1.54, 1.807) is 19.4 Å². The molecule has 1 aromatic carbocycles. The zero-order valence-electron chi connectivity index (χ0n) is 12.8. The summed E-state index contributed by atoms with van der Waals surface area (Å²) in [6, 6.07) is 7.29. The summed E-state index contributed by atoms with van der Waals surface area (Å²) in [7, 11) is 1.58. The zero-order valence-corrected chi connectivity index (χ0v) is 12.8. The molecule has 1 aliphatic heterocycles. The van der Waals surface area contributed by atoms with E-state index in [0.717, 1.165) is 23.3 Å². The molecule has 0 radical (unpaired) electrons. The highest BCUT2D eigenvalue weighted by atomic mass is 16.5. The number of hydrogen-bond acceptors (Lipinski definition) is 4. The van der Waals surface area contributed by atoms with E-state index < -0.39 is 0 Å². The molecule has 0 bridgehead atoms. The average molecular weight is 298 g/mol. The first-order valence-corrected chi connectivity index (χ1v) is 7.19. The molecule has 0 aliphatic carbocycles. The smallest absolute Gasteiger partial charge is 0.256 e. The predicted octanol–water partition coefficient (Wildman–Crippen LogP) is 2.97. The first-order chi connectivity index (χ1) is 10.6. The zero-order chi connectivity index (χ0) is 15.7. The van der Waals surface area contributed by atoms with Crippen LogP contribution in [0.1, 0.15) is 28.4 Å². The number of benzene rings is 1. The monoisotopic (exact) mass is 298 g/mol. The van der Waals surface area contributed by atoms with Crippen LogP contribution in [-0.4, -0.2) is 24.1 Å². The molecule has 0 saturated carbocycles. The standard InChI is InChI=1S/C17H18N2O3/c1-10-5-4-6-18-16(10)19-17(20)13-8-12-7-11(2)22-15(12)14(9-13)21-3/h4-6,8-9,11H,7H2,1-3H3,(H,18,19,20)/t11-/m1/s1. The predicted molar refractivity (Wildman–Crippen MR) is 83.7 cm³/mol. The van der Waals surface area contributed by atoms with Crippen LogP contribution in [0.25, 0.3) is 0 Å². The van der Waals surface area contributed by atoms with Crippen LogP contribution < -0.4 is 14.8 Å². The lowest BCUT2D eigenvalue weighted by Crippen LogP contribution is -2.14. The van der Waals surface area contributed by atoms with Crippen molar-refractivity contribution in [2.45, 2.75) is 26.4 Å². The van der Waals surface area contributed by atoms with Gasteiger partial charge in [0.1, 0.15) is 11.9 Å². The van der Waals surface area contributed by atoms with Gasteiger partial charge in [0.25, 0.3) is 5.91 Å². The number of nitrogens with zero attached hydrogens (tertiary/aromatic N) is 1. The van der Waals surface area contributed by atoms with Crippen molar-refractivity contribution in [3.05, 3.63) is 47.2 Å². The number of amides is 1. The molecular formula is C17H18N2O3. The second kappa shape index (κ2) is 5.67. The number of pyridine rings is 1. The molecule has 0 spiro atoms. The Kier molecular flexibility index (Phi) is 3.71. The topological polar surface area (TPSA) is 60.5 Å². The van der Waals surface area contributed by atoms with E-state index in [0.29, 0.717) is 17.1 Å². The van der Waals surface area contributed by atoms with Gasteiger partial charge in [-0.15, -0.1) is 0 Å². The maximum atomic E-state index is 12.5. The van der Waals surface area contributed by atoms with Gasteiger partial charge in [-0.25, -0.2) is 4.98 Å². The Morgan fingerprint density at radius 3 is 3.00 bits per heavy atom. The highest BCUT2D eigenvalue weighted by Gasteiger charge is 2.25. The minimum atomic E-state index is -0.206. The Balaban J connectivity index is 1.91. The molecule has 2 heterocycles. The van der Waals surface area contributed by atoms with Crippen LogP contribution in [0.3, 0.4) is 0 Å². The Labute approximate surface area is 129 Å². The van der Waals surface area contributed by atoms with Crippen LogP contribution in [0.2, 0.25) is 0 Å². The number of rotatable bonds is 3. The molecule has 0 unspecified atom stereocenters. The summed E-state index contributed by atoms with van der Waals surface area (Å²) in [4.78, 5) is 16.7. The van der Waals surface area contributed by atoms with Gasteiger partial charge in [0, 0.05) is 23.7 Å². The fourth-order valence-electron chi connectivity index (χ4n) is 2.58. The van der Waals surface area contributed by atoms with Crippen LogP contribution >= 0.6 is 0 Å². The molecule has 22 heavy (non-hydrogen) atoms. The van der Waals surface area contributed by atoms with Crippen LogP contribution in [0, 0.1) is 6.92 Å². The van der Waals surface area contributed by atoms with Gasteiger partial charge in [0.15, 0.2) is 11.5 Å². The molecule has 0 saturated heterocycles. The number of nitrogens with one attached hydrogen (secondary N) is 1. The third-order valence-electron chi connectivity index (χ3n) is 3.68. The largest absolute Gasteiger partial charge is 0.493 e. The molecule has 3 rings (SSSR count). The van der Waals surface area contributed by atoms with E-state index in [-0.39, 0.29) is 12.0 Å². The Morgan fingerprint density at radius 1 is 1.45 bits per heavy atom. The van der Waals surface area contributed by atoms with Crippen LogP contribution in [0.4, 0.5) is 5.82 Å². The van der Waals surface area contributed by atoms with E-state index in [2.05, 4.69) is 10.3 Å². The molecule has 1 aromatic heterocycles. The first-order valence-electron chi connectivity index (χ1n) is 7.19. The summed E-state index contributed by atoms with van der Waals surface area (Å²) in [6.07, 6.45) is 2.52. The van der Waals surface area contributed by atoms with Gasteiger partial charge < -0.3 is 14.8 Å². The van der Waals surface area contributed by atoms with Crippen molar-refractivity contribution in [3.8, 4) is 11.5 Å². The fraction of sp³-hybridized carbons (Fsp3) is 0.294. The fourth-order valence-corrected chi connectivity index (χ4v) is 2.58. The molecule has 1 atom stereocenters. The van der Waals surface area contributed by atoms with Crippen molar-refractivity contribution in [3.63, 3.8) is 0 Å². The highest BCUT2D eigenvalue weighted by molar-refractivity contribution is 6.04. The van der Waals surface area contributed by atoms with E-state index in [9.17, 15) is 4.79 Å². The van der Waals surface area contributed by atoms with Gasteiger partial charge in [-0.1, -0.05) is 6.07 Å². The first kappa shape index (κ1) is 14.4. The number of fused-ring (bicyclic) bond motifs is 1. The minimum absolute atomic E-state index is 0.0974. The number of aryl methyl sites for hydroxylation is 1. The number of anilines is 1. The summed E-state index contributed by atoms with van der Waals surface area (Å²) >= 11 is 0. The molecule has 0 fully saturated rings. The van der Waals surface area contributed by atoms with Gasteiger partial charge in [-0.2, -0.15) is 0 Å². The number of carbonyl (C=O) groups excluding carboxylic acids is 1. The Hall–Kier alpha value is -2.56. The quantitative estimate of drug-likeness (QED) is 0.946. The molecule has 1 N–H and O–H groups in total. The lowest BCUT2D eigenvalue weighted by Gasteiger charge is -2.11. The molecule has 2 aromatic rings. The van der Waals surface area contributed by atoms with Crippen LogP contribution in [0.5, 0.6) is 11.5 Å². The normalized spacial score (nSPS) is 15.9. The van der Waals surface area contributed by atoms with E-state index in [1.165, 1.54) is 0 Å². The van der Waals surface area contributed by atoms with Crippen molar-refractivity contribution in [1.29, 1.82) is 0 Å². The molecule has 1 amide bonds. The van der Waals surface area contributed by atoms with Crippen molar-refractivity contribution < 1.29 is 14.3 Å². The molecule has 1 aliphatic rings. The van der Waals surface area contributed by atoms with Gasteiger partial charge in [0.05, 0.1) is 7.11 Å². The number of ether oxygens (including phenoxy) is 2. The molecule has 5 heteroatoms. The second-order valence-corrected chi connectivity index (χ2v) is 5.42. The number of carbonyl (C=O) groups is 1. The van der Waals surface area contributed by atoms with Crippen molar-refractivity contribution in [2.24, 2.45) is 0 Å². The van der Waals surface area contributed by atoms with Gasteiger partial charge in [-0.3, -0.25) is 4.79 Å². The third kappa shape index (κ3) is 2.62. The second-order valence-electron chi connectivity index (χ2n) is 5.42. The summed E-state index contributed by atoms with van der Waals surface area (Å²) in [6.45, 7) is 3.90. The Bertz CT molecular complexity index is 728. The minimum Gasteiger partial charge on any atom is -0.493 e. The lowest BCUT2D eigenvalue weighted by atomic mass is 10.1. The van der Waals surface area contributed by atoms with E-state index >= 15 is 0 Å². The van der Waals surface area contributed by atoms with Crippen molar-refractivity contribution >= 4 is 11.7 Å². The van der Waals surface area contributed by atoms with E-state index in [1.807, 2.05) is 32.0 Å². The van der Waals surface area contributed by atoms with Gasteiger partial charge in [-0.05, 0) is 37.6 Å². The highest BCUT2D eigenvalue weighted by Crippen LogP contribution is 2.39. The molecule has 114 valence electrons. The SMILES string of the molecule is COc1cc(C(=O)Nc2ncccc2C)cc2c1O[C@H](C)C2. The average Bonchev–Trinajstić information content (AvgIpc) is 2.88. The molecular weight excluding hydrogens is 280 g/mol. The van der Waals surface area contributed by atoms with Crippen LogP contribution in [0.15, 0.2) is 30.5 Å². The van der Waals surface area contributed by atoms with Gasteiger partial charge >= 0.3 is 0 Å².